The molecule has 1 aromatic rings. The number of hydrogen-bond donors (Lipinski definition) is 3. The Morgan fingerprint density at radius 1 is 1.33 bits per heavy atom. The Morgan fingerprint density at radius 2 is 1.94 bits per heavy atom. The van der Waals surface area contributed by atoms with Gasteiger partial charge in [0, 0.05) is 5.56 Å². The largest absolute Gasteiger partial charge is 0.480 e. The van der Waals surface area contributed by atoms with Crippen molar-refractivity contribution in [3.63, 3.8) is 0 Å². The highest BCUT2D eigenvalue weighted by Crippen LogP contribution is 2.05. The highest BCUT2D eigenvalue weighted by Gasteiger charge is 2.19. The second-order valence-electron chi connectivity index (χ2n) is 4.16. The quantitative estimate of drug-likeness (QED) is 0.700. The lowest BCUT2D eigenvalue weighted by Crippen LogP contribution is -2.41. The maximum Gasteiger partial charge on any atom is 0.326 e. The van der Waals surface area contributed by atoms with Gasteiger partial charge in [-0.25, -0.2) is 4.79 Å². The zero-order valence-electron chi connectivity index (χ0n) is 10.3. The molecule has 0 aliphatic carbocycles. The van der Waals surface area contributed by atoms with Crippen molar-refractivity contribution in [2.75, 3.05) is 6.54 Å². The van der Waals surface area contributed by atoms with Crippen LogP contribution >= 0.6 is 0 Å². The van der Waals surface area contributed by atoms with Crippen LogP contribution in [0.5, 0.6) is 0 Å². The minimum atomic E-state index is -1.04. The van der Waals surface area contributed by atoms with Crippen molar-refractivity contribution in [2.45, 2.75) is 25.8 Å². The number of carboxylic acid groups (broad SMARTS) is 1. The third kappa shape index (κ3) is 4.18. The third-order valence-electron chi connectivity index (χ3n) is 2.61. The lowest BCUT2D eigenvalue weighted by Gasteiger charge is -2.14. The van der Waals surface area contributed by atoms with Crippen LogP contribution in [0.3, 0.4) is 0 Å². The zero-order chi connectivity index (χ0) is 13.5. The van der Waals surface area contributed by atoms with Gasteiger partial charge in [0.25, 0.3) is 5.91 Å². The molecule has 0 spiro atoms. The summed E-state index contributed by atoms with van der Waals surface area (Å²) in [5, 5.41) is 11.5. The van der Waals surface area contributed by atoms with Crippen LogP contribution in [0.1, 0.15) is 28.8 Å². The number of hydrogen-bond acceptors (Lipinski definition) is 3. The lowest BCUT2D eigenvalue weighted by atomic mass is 10.1. The van der Waals surface area contributed by atoms with Gasteiger partial charge in [0.2, 0.25) is 0 Å². The number of amides is 1. The molecule has 0 fully saturated rings. The summed E-state index contributed by atoms with van der Waals surface area (Å²) in [5.41, 5.74) is 6.83. The molecular weight excluding hydrogens is 232 g/mol. The molecule has 0 heterocycles. The van der Waals surface area contributed by atoms with Gasteiger partial charge in [-0.3, -0.25) is 4.79 Å². The highest BCUT2D eigenvalue weighted by molar-refractivity contribution is 5.96. The van der Waals surface area contributed by atoms with Gasteiger partial charge in [0.05, 0.1) is 0 Å². The van der Waals surface area contributed by atoms with Crippen LogP contribution in [0.2, 0.25) is 0 Å². The number of rotatable bonds is 6. The molecule has 1 atom stereocenters. The van der Waals surface area contributed by atoms with E-state index < -0.39 is 12.0 Å². The number of nitrogens with one attached hydrogen (secondary N) is 1. The van der Waals surface area contributed by atoms with E-state index in [9.17, 15) is 9.59 Å². The zero-order valence-corrected chi connectivity index (χ0v) is 10.3. The lowest BCUT2D eigenvalue weighted by molar-refractivity contribution is -0.139. The molecule has 98 valence electrons. The van der Waals surface area contributed by atoms with E-state index in [4.69, 9.17) is 10.8 Å². The Morgan fingerprint density at radius 3 is 2.44 bits per heavy atom. The van der Waals surface area contributed by atoms with Gasteiger partial charge in [-0.1, -0.05) is 17.7 Å². The molecule has 5 heteroatoms. The van der Waals surface area contributed by atoms with Crippen molar-refractivity contribution in [1.82, 2.24) is 5.32 Å². The summed E-state index contributed by atoms with van der Waals surface area (Å²) < 4.78 is 0. The Labute approximate surface area is 106 Å². The van der Waals surface area contributed by atoms with Crippen molar-refractivity contribution >= 4 is 11.9 Å². The van der Waals surface area contributed by atoms with Gasteiger partial charge in [-0.15, -0.1) is 0 Å². The van der Waals surface area contributed by atoms with Gasteiger partial charge < -0.3 is 16.2 Å². The molecule has 18 heavy (non-hydrogen) atoms. The summed E-state index contributed by atoms with van der Waals surface area (Å²) in [6.07, 6.45) is 0.897. The van der Waals surface area contributed by atoms with E-state index in [1.807, 2.05) is 19.1 Å². The number of nitrogens with two attached hydrogens (primary N) is 1. The molecule has 1 amide bonds. The molecule has 0 unspecified atom stereocenters. The number of carboxylic acids is 1. The van der Waals surface area contributed by atoms with E-state index in [1.165, 1.54) is 0 Å². The average molecular weight is 250 g/mol. The second-order valence-corrected chi connectivity index (χ2v) is 4.16. The molecule has 4 N–H and O–H groups in total. The van der Waals surface area contributed by atoms with Crippen LogP contribution in [0.4, 0.5) is 0 Å². The monoisotopic (exact) mass is 250 g/mol. The van der Waals surface area contributed by atoms with Crippen LogP contribution in [0, 0.1) is 6.92 Å². The summed E-state index contributed by atoms with van der Waals surface area (Å²) in [4.78, 5) is 22.8. The van der Waals surface area contributed by atoms with E-state index >= 15 is 0 Å². The Bertz CT molecular complexity index is 415. The van der Waals surface area contributed by atoms with Gasteiger partial charge in [0.15, 0.2) is 0 Å². The molecule has 0 aliphatic heterocycles. The number of carbonyl (C=O) groups excluding carboxylic acids is 1. The van der Waals surface area contributed by atoms with E-state index in [2.05, 4.69) is 5.32 Å². The van der Waals surface area contributed by atoms with Crippen LogP contribution in [0.15, 0.2) is 24.3 Å². The highest BCUT2D eigenvalue weighted by atomic mass is 16.4. The summed E-state index contributed by atoms with van der Waals surface area (Å²) >= 11 is 0. The minimum absolute atomic E-state index is 0.337. The first-order chi connectivity index (χ1) is 8.54. The number of aryl methyl sites for hydroxylation is 1. The molecule has 0 radical (unpaired) electrons. The Kier molecular flexibility index (Phi) is 5.32. The van der Waals surface area contributed by atoms with Gasteiger partial charge >= 0.3 is 5.97 Å². The van der Waals surface area contributed by atoms with Gasteiger partial charge in [-0.2, -0.15) is 0 Å². The summed E-state index contributed by atoms with van der Waals surface area (Å²) in [7, 11) is 0. The van der Waals surface area contributed by atoms with E-state index in [0.717, 1.165) is 5.56 Å². The molecule has 1 rings (SSSR count). The SMILES string of the molecule is Cc1ccc(C(=O)N[C@@H](CCCN)C(=O)O)cc1. The molecular formula is C13H18N2O3. The second kappa shape index (κ2) is 6.76. The van der Waals surface area contributed by atoms with Crippen LogP contribution < -0.4 is 11.1 Å². The van der Waals surface area contributed by atoms with Crippen molar-refractivity contribution in [3.05, 3.63) is 35.4 Å². The summed E-state index contributed by atoms with van der Waals surface area (Å²) in [6.45, 7) is 2.33. The van der Waals surface area contributed by atoms with Crippen molar-refractivity contribution < 1.29 is 14.7 Å². The normalized spacial score (nSPS) is 11.9. The van der Waals surface area contributed by atoms with Crippen LogP contribution in [-0.4, -0.2) is 29.6 Å². The molecule has 5 nitrogen and oxygen atoms in total. The van der Waals surface area contributed by atoms with Crippen molar-refractivity contribution in [1.29, 1.82) is 0 Å². The fourth-order valence-corrected chi connectivity index (χ4v) is 1.53. The standard InChI is InChI=1S/C13H18N2O3/c1-9-4-6-10(7-5-9)12(16)15-11(13(17)18)3-2-8-14/h4-7,11H,2-3,8,14H2,1H3,(H,15,16)(H,17,18)/t11-/m0/s1. The van der Waals surface area contributed by atoms with E-state index in [-0.39, 0.29) is 5.91 Å². The van der Waals surface area contributed by atoms with E-state index in [0.29, 0.717) is 24.9 Å². The third-order valence-corrected chi connectivity index (χ3v) is 2.61. The summed E-state index contributed by atoms with van der Waals surface area (Å²) in [6, 6.07) is 6.08. The summed E-state index contributed by atoms with van der Waals surface area (Å²) in [5.74, 6) is -1.41. The first-order valence-electron chi connectivity index (χ1n) is 5.85. The average Bonchev–Trinajstić information content (AvgIpc) is 2.34. The van der Waals surface area contributed by atoms with Crippen molar-refractivity contribution in [3.8, 4) is 0 Å². The maximum atomic E-state index is 11.8. The minimum Gasteiger partial charge on any atom is -0.480 e. The molecule has 0 aromatic heterocycles. The topological polar surface area (TPSA) is 92.4 Å². The van der Waals surface area contributed by atoms with Crippen molar-refractivity contribution in [2.24, 2.45) is 5.73 Å². The molecule has 0 aliphatic rings. The first-order valence-corrected chi connectivity index (χ1v) is 5.85. The number of aliphatic carboxylic acids is 1. The smallest absolute Gasteiger partial charge is 0.326 e. The van der Waals surface area contributed by atoms with Crippen LogP contribution in [-0.2, 0) is 4.79 Å². The fraction of sp³-hybridized carbons (Fsp3) is 0.385. The Hall–Kier alpha value is -1.88. The fourth-order valence-electron chi connectivity index (χ4n) is 1.53. The number of carbonyl (C=O) groups is 2. The van der Waals surface area contributed by atoms with E-state index in [1.54, 1.807) is 12.1 Å². The number of benzene rings is 1. The molecule has 1 aromatic carbocycles. The van der Waals surface area contributed by atoms with Gasteiger partial charge in [-0.05, 0) is 38.4 Å². The molecule has 0 saturated heterocycles. The Balaban J connectivity index is 2.66. The maximum absolute atomic E-state index is 11.8. The first kappa shape index (κ1) is 14.2. The molecule has 0 bridgehead atoms. The predicted molar refractivity (Wildman–Crippen MR) is 68.4 cm³/mol. The van der Waals surface area contributed by atoms with Crippen LogP contribution in [0.25, 0.3) is 0 Å². The molecule has 0 saturated carbocycles. The predicted octanol–water partition coefficient (Wildman–Crippen LogP) is 0.917. The van der Waals surface area contributed by atoms with Gasteiger partial charge in [0.1, 0.15) is 6.04 Å².